The maximum Gasteiger partial charge on any atom is 0.311 e. The Morgan fingerprint density at radius 1 is 1.28 bits per heavy atom. The van der Waals surface area contributed by atoms with E-state index >= 15 is 0 Å². The summed E-state index contributed by atoms with van der Waals surface area (Å²) in [5, 5.41) is 10.6. The van der Waals surface area contributed by atoms with Crippen LogP contribution in [0.2, 0.25) is 0 Å². The lowest BCUT2D eigenvalue weighted by Gasteiger charge is -2.41. The second kappa shape index (κ2) is 11.1. The minimum absolute atomic E-state index is 0.0398. The van der Waals surface area contributed by atoms with Crippen LogP contribution < -0.4 is 4.90 Å². The molecule has 0 saturated carbocycles. The topological polar surface area (TPSA) is 87.1 Å². The summed E-state index contributed by atoms with van der Waals surface area (Å²) < 4.78 is 4.21. The van der Waals surface area contributed by atoms with Crippen molar-refractivity contribution >= 4 is 35.2 Å². The number of esters is 1. The zero-order valence-corrected chi connectivity index (χ0v) is 24.6. The Labute approximate surface area is 236 Å². The van der Waals surface area contributed by atoms with Gasteiger partial charge in [-0.05, 0) is 56.7 Å². The summed E-state index contributed by atoms with van der Waals surface area (Å²) in [6, 6.07) is 4.61. The highest BCUT2D eigenvalue weighted by molar-refractivity contribution is 8.02. The van der Waals surface area contributed by atoms with Crippen molar-refractivity contribution < 1.29 is 24.2 Å². The van der Waals surface area contributed by atoms with E-state index in [9.17, 15) is 19.5 Å². The van der Waals surface area contributed by atoms with Crippen molar-refractivity contribution in [3.8, 4) is 0 Å². The zero-order chi connectivity index (χ0) is 28.7. The summed E-state index contributed by atoms with van der Waals surface area (Å²) >= 11 is 1.61. The maximum atomic E-state index is 14.8. The average Bonchev–Trinajstić information content (AvgIpc) is 3.48. The van der Waals surface area contributed by atoms with E-state index < -0.39 is 39.4 Å². The lowest BCUT2D eigenvalue weighted by molar-refractivity contribution is -0.155. The van der Waals surface area contributed by atoms with Gasteiger partial charge >= 0.3 is 5.97 Å². The third kappa shape index (κ3) is 4.63. The molecular weight excluding hydrogens is 512 g/mol. The van der Waals surface area contributed by atoms with E-state index in [1.807, 2.05) is 52.8 Å². The molecule has 1 spiro atoms. The van der Waals surface area contributed by atoms with E-state index in [0.717, 1.165) is 23.2 Å². The summed E-state index contributed by atoms with van der Waals surface area (Å²) in [6.45, 7) is 17.6. The van der Waals surface area contributed by atoms with Gasteiger partial charge in [0.05, 0.1) is 29.2 Å². The molecule has 2 bridgehead atoms. The van der Waals surface area contributed by atoms with Gasteiger partial charge < -0.3 is 19.6 Å². The summed E-state index contributed by atoms with van der Waals surface area (Å²) in [5.74, 6) is -2.26. The Morgan fingerprint density at radius 3 is 2.62 bits per heavy atom. The molecule has 8 heteroatoms. The summed E-state index contributed by atoms with van der Waals surface area (Å²) in [4.78, 5) is 46.1. The second-order valence-electron chi connectivity index (χ2n) is 11.6. The Hall–Kier alpha value is -2.58. The molecule has 212 valence electrons. The van der Waals surface area contributed by atoms with E-state index in [2.05, 4.69) is 13.2 Å². The Balaban J connectivity index is 1.88. The third-order valence-electron chi connectivity index (χ3n) is 9.12. The number of nitrogens with zero attached hydrogens (tertiary/aromatic N) is 2. The molecule has 1 N–H and O–H groups in total. The first kappa shape index (κ1) is 29.4. The van der Waals surface area contributed by atoms with Crippen molar-refractivity contribution in [3.63, 3.8) is 0 Å². The van der Waals surface area contributed by atoms with E-state index in [0.29, 0.717) is 12.8 Å². The quantitative estimate of drug-likeness (QED) is 0.322. The molecule has 1 aromatic carbocycles. The molecule has 3 saturated heterocycles. The van der Waals surface area contributed by atoms with Crippen molar-refractivity contribution in [3.05, 3.63) is 54.6 Å². The number of anilines is 1. The van der Waals surface area contributed by atoms with E-state index in [4.69, 9.17) is 4.74 Å². The van der Waals surface area contributed by atoms with Gasteiger partial charge in [-0.2, -0.15) is 0 Å². The van der Waals surface area contributed by atoms with Crippen LogP contribution in [-0.4, -0.2) is 69.1 Å². The van der Waals surface area contributed by atoms with Crippen molar-refractivity contribution in [2.75, 3.05) is 24.7 Å². The summed E-state index contributed by atoms with van der Waals surface area (Å²) in [5.41, 5.74) is 2.75. The SMILES string of the molecule is C=CCOC(=O)[C@@H]1[C@H]2C(=O)N([C@@H](CO)[C@@H](C)CC)C(C(=O)N(CC=C)c3cc(C)ccc3C)C23CC[C@@]1(C)S3. The number of hydrogen-bond donors (Lipinski definition) is 1. The normalized spacial score (nSPS) is 30.6. The van der Waals surface area contributed by atoms with Gasteiger partial charge in [0.25, 0.3) is 5.91 Å². The highest BCUT2D eigenvalue weighted by atomic mass is 32.2. The fourth-order valence-corrected chi connectivity index (χ4v) is 9.32. The fourth-order valence-electron chi connectivity index (χ4n) is 7.00. The van der Waals surface area contributed by atoms with E-state index in [1.165, 1.54) is 6.08 Å². The van der Waals surface area contributed by atoms with Gasteiger partial charge in [-0.3, -0.25) is 14.4 Å². The monoisotopic (exact) mass is 554 g/mol. The minimum atomic E-state index is -0.829. The molecular formula is C31H42N2O5S. The summed E-state index contributed by atoms with van der Waals surface area (Å²) in [6.07, 6.45) is 5.29. The number of benzene rings is 1. The highest BCUT2D eigenvalue weighted by Crippen LogP contribution is 2.72. The first-order valence-corrected chi connectivity index (χ1v) is 14.7. The van der Waals surface area contributed by atoms with Crippen molar-refractivity contribution in [1.82, 2.24) is 4.90 Å². The first-order valence-electron chi connectivity index (χ1n) is 13.9. The van der Waals surface area contributed by atoms with Crippen LogP contribution in [0.25, 0.3) is 0 Å². The second-order valence-corrected chi connectivity index (χ2v) is 13.5. The number of thioether (sulfide) groups is 1. The van der Waals surface area contributed by atoms with Gasteiger partial charge in [-0.15, -0.1) is 18.3 Å². The smallest absolute Gasteiger partial charge is 0.311 e. The number of carbonyl (C=O) groups is 3. The Morgan fingerprint density at radius 2 is 2.00 bits per heavy atom. The fraction of sp³-hybridized carbons (Fsp3) is 0.581. The number of aliphatic hydroxyl groups is 1. The molecule has 3 aliphatic rings. The lowest BCUT2D eigenvalue weighted by Crippen LogP contribution is -2.58. The molecule has 2 unspecified atom stereocenters. The molecule has 3 fully saturated rings. The number of hydrogen-bond acceptors (Lipinski definition) is 6. The Bertz CT molecular complexity index is 1170. The maximum absolute atomic E-state index is 14.8. The van der Waals surface area contributed by atoms with Crippen LogP contribution >= 0.6 is 11.8 Å². The minimum Gasteiger partial charge on any atom is -0.461 e. The number of amides is 2. The number of ether oxygens (including phenoxy) is 1. The van der Waals surface area contributed by atoms with Gasteiger partial charge in [0.2, 0.25) is 5.91 Å². The molecule has 7 nitrogen and oxygen atoms in total. The molecule has 1 aromatic rings. The molecule has 39 heavy (non-hydrogen) atoms. The van der Waals surface area contributed by atoms with Crippen LogP contribution in [0.15, 0.2) is 43.5 Å². The number of fused-ring (bicyclic) bond motifs is 1. The molecule has 2 amide bonds. The van der Waals surface area contributed by atoms with Crippen LogP contribution in [0.1, 0.15) is 51.2 Å². The lowest BCUT2D eigenvalue weighted by atomic mass is 9.66. The van der Waals surface area contributed by atoms with Crippen molar-refractivity contribution in [2.45, 2.75) is 75.5 Å². The first-order chi connectivity index (χ1) is 18.5. The van der Waals surface area contributed by atoms with Crippen LogP contribution in [0.3, 0.4) is 0 Å². The number of aliphatic hydroxyl groups excluding tert-OH is 1. The molecule has 0 radical (unpaired) electrons. The predicted molar refractivity (Wildman–Crippen MR) is 156 cm³/mol. The number of rotatable bonds is 11. The average molecular weight is 555 g/mol. The van der Waals surface area contributed by atoms with Gasteiger partial charge in [-0.25, -0.2) is 0 Å². The van der Waals surface area contributed by atoms with Crippen LogP contribution in [0, 0.1) is 31.6 Å². The van der Waals surface area contributed by atoms with Gasteiger partial charge in [-0.1, -0.05) is 51.1 Å². The molecule has 0 aliphatic carbocycles. The van der Waals surface area contributed by atoms with Crippen LogP contribution in [-0.2, 0) is 19.1 Å². The standard InChI is InChI=1S/C31H42N2O5S/c1-8-15-32(22-17-19(4)11-12-21(22)6)28(36)26-31-14-13-30(7,39-31)25(29(37)38-16-9-2)24(31)27(35)33(26)23(18-34)20(5)10-3/h8-9,11-12,17,20,23-26,34H,1-2,10,13-16,18H2,3-7H3/t20-,23-,24-,25-,26?,30+,31?/m0/s1. The number of carbonyl (C=O) groups excluding carboxylic acids is 3. The molecule has 7 atom stereocenters. The number of aryl methyl sites for hydroxylation is 2. The zero-order valence-electron chi connectivity index (χ0n) is 23.8. The predicted octanol–water partition coefficient (Wildman–Crippen LogP) is 4.44. The molecule has 4 rings (SSSR count). The third-order valence-corrected chi connectivity index (χ3v) is 11.1. The summed E-state index contributed by atoms with van der Waals surface area (Å²) in [7, 11) is 0. The van der Waals surface area contributed by atoms with Crippen LogP contribution in [0.5, 0.6) is 0 Å². The van der Waals surface area contributed by atoms with E-state index in [-0.39, 0.29) is 37.5 Å². The highest BCUT2D eigenvalue weighted by Gasteiger charge is 2.78. The van der Waals surface area contributed by atoms with Crippen LogP contribution in [0.4, 0.5) is 5.69 Å². The Kier molecular flexibility index (Phi) is 8.39. The largest absolute Gasteiger partial charge is 0.461 e. The molecule has 0 aromatic heterocycles. The van der Waals surface area contributed by atoms with E-state index in [1.54, 1.807) is 27.6 Å². The van der Waals surface area contributed by atoms with Crippen molar-refractivity contribution in [1.29, 1.82) is 0 Å². The number of likely N-dealkylation sites (tertiary alicyclic amines) is 1. The molecule has 3 aliphatic heterocycles. The molecule has 3 heterocycles. The van der Waals surface area contributed by atoms with Gasteiger partial charge in [0, 0.05) is 17.0 Å². The van der Waals surface area contributed by atoms with Gasteiger partial charge in [0.15, 0.2) is 0 Å². The van der Waals surface area contributed by atoms with Crippen molar-refractivity contribution in [2.24, 2.45) is 17.8 Å². The van der Waals surface area contributed by atoms with Gasteiger partial charge in [0.1, 0.15) is 12.6 Å².